The van der Waals surface area contributed by atoms with Gasteiger partial charge in [-0.2, -0.15) is 11.8 Å². The van der Waals surface area contributed by atoms with Crippen molar-refractivity contribution >= 4 is 17.7 Å². The van der Waals surface area contributed by atoms with E-state index in [1.54, 1.807) is 7.05 Å². The van der Waals surface area contributed by atoms with Gasteiger partial charge in [0.15, 0.2) is 0 Å². The summed E-state index contributed by atoms with van der Waals surface area (Å²) in [4.78, 5) is 11.0. The van der Waals surface area contributed by atoms with Crippen molar-refractivity contribution in [3.63, 3.8) is 0 Å². The molecule has 1 aliphatic rings. The molecule has 94 valence electrons. The molecule has 0 aromatic carbocycles. The maximum absolute atomic E-state index is 11.0. The minimum Gasteiger partial charge on any atom is -0.359 e. The summed E-state index contributed by atoms with van der Waals surface area (Å²) in [5.74, 6) is 1.36. The third-order valence-electron chi connectivity index (χ3n) is 3.10. The lowest BCUT2D eigenvalue weighted by Gasteiger charge is -2.20. The van der Waals surface area contributed by atoms with E-state index in [-0.39, 0.29) is 5.91 Å². The number of thioether (sulfide) groups is 1. The van der Waals surface area contributed by atoms with Gasteiger partial charge in [0, 0.05) is 24.8 Å². The van der Waals surface area contributed by atoms with Gasteiger partial charge in [0.25, 0.3) is 0 Å². The van der Waals surface area contributed by atoms with Crippen molar-refractivity contribution in [3.8, 4) is 0 Å². The first kappa shape index (κ1) is 13.8. The Labute approximate surface area is 103 Å². The lowest BCUT2D eigenvalue weighted by Crippen LogP contribution is -2.35. The molecular weight excluding hydrogens is 220 g/mol. The Morgan fingerprint density at radius 2 is 2.25 bits per heavy atom. The van der Waals surface area contributed by atoms with Gasteiger partial charge in [-0.3, -0.25) is 4.79 Å². The quantitative estimate of drug-likeness (QED) is 0.671. The van der Waals surface area contributed by atoms with Crippen molar-refractivity contribution in [3.05, 3.63) is 0 Å². The van der Waals surface area contributed by atoms with Crippen LogP contribution in [0.15, 0.2) is 0 Å². The van der Waals surface area contributed by atoms with E-state index < -0.39 is 0 Å². The zero-order valence-electron chi connectivity index (χ0n) is 10.4. The van der Waals surface area contributed by atoms with E-state index in [0.29, 0.717) is 12.5 Å². The van der Waals surface area contributed by atoms with Crippen LogP contribution in [-0.4, -0.2) is 36.5 Å². The van der Waals surface area contributed by atoms with Gasteiger partial charge < -0.3 is 10.6 Å². The number of carbonyl (C=O) groups excluding carboxylic acids is 1. The number of hydrogen-bond acceptors (Lipinski definition) is 3. The molecule has 1 rings (SSSR count). The van der Waals surface area contributed by atoms with E-state index in [1.165, 1.54) is 25.0 Å². The van der Waals surface area contributed by atoms with Crippen LogP contribution in [0.4, 0.5) is 0 Å². The third-order valence-corrected chi connectivity index (χ3v) is 4.42. The van der Waals surface area contributed by atoms with Crippen molar-refractivity contribution in [2.75, 3.05) is 19.3 Å². The molecule has 2 unspecified atom stereocenters. The summed E-state index contributed by atoms with van der Waals surface area (Å²) in [6.45, 7) is 3.20. The van der Waals surface area contributed by atoms with Crippen molar-refractivity contribution in [2.24, 2.45) is 0 Å². The van der Waals surface area contributed by atoms with Crippen LogP contribution in [-0.2, 0) is 4.79 Å². The lowest BCUT2D eigenvalue weighted by atomic mass is 10.2. The first-order chi connectivity index (χ1) is 7.77. The molecule has 0 aliphatic heterocycles. The van der Waals surface area contributed by atoms with Gasteiger partial charge in [0.2, 0.25) is 5.91 Å². The molecule has 0 bridgehead atoms. The first-order valence-corrected chi connectivity index (χ1v) is 7.38. The Bertz CT molecular complexity index is 211. The minimum absolute atomic E-state index is 0.146. The van der Waals surface area contributed by atoms with Crippen molar-refractivity contribution in [1.82, 2.24) is 10.6 Å². The topological polar surface area (TPSA) is 41.1 Å². The lowest BCUT2D eigenvalue weighted by molar-refractivity contribution is -0.120. The molecule has 0 aromatic heterocycles. The van der Waals surface area contributed by atoms with Crippen LogP contribution in [0.3, 0.4) is 0 Å². The first-order valence-electron chi connectivity index (χ1n) is 6.33. The summed E-state index contributed by atoms with van der Waals surface area (Å²) >= 11 is 2.07. The maximum atomic E-state index is 11.0. The molecule has 0 spiro atoms. The fourth-order valence-electron chi connectivity index (χ4n) is 2.23. The fourth-order valence-corrected chi connectivity index (χ4v) is 3.46. The number of carbonyl (C=O) groups is 1. The smallest absolute Gasteiger partial charge is 0.219 e. The molecule has 1 aliphatic carbocycles. The molecule has 0 aromatic rings. The second-order valence-electron chi connectivity index (χ2n) is 4.26. The highest BCUT2D eigenvalue weighted by Gasteiger charge is 2.26. The summed E-state index contributed by atoms with van der Waals surface area (Å²) in [6.07, 6.45) is 5.59. The maximum Gasteiger partial charge on any atom is 0.219 e. The van der Waals surface area contributed by atoms with Crippen LogP contribution < -0.4 is 10.6 Å². The zero-order valence-corrected chi connectivity index (χ0v) is 11.2. The number of nitrogens with one attached hydrogen (secondary N) is 2. The van der Waals surface area contributed by atoms with Crippen LogP contribution in [0.25, 0.3) is 0 Å². The number of rotatable bonds is 7. The van der Waals surface area contributed by atoms with Crippen molar-refractivity contribution < 1.29 is 4.79 Å². The number of hydrogen-bond donors (Lipinski definition) is 2. The van der Waals surface area contributed by atoms with Gasteiger partial charge in [-0.1, -0.05) is 13.3 Å². The second-order valence-corrected chi connectivity index (χ2v) is 5.78. The zero-order chi connectivity index (χ0) is 11.8. The average molecular weight is 244 g/mol. The van der Waals surface area contributed by atoms with E-state index in [9.17, 15) is 4.79 Å². The summed E-state index contributed by atoms with van der Waals surface area (Å²) < 4.78 is 0. The molecule has 3 nitrogen and oxygen atoms in total. The Balaban J connectivity index is 2.09. The third kappa shape index (κ3) is 4.74. The summed E-state index contributed by atoms with van der Waals surface area (Å²) in [7, 11) is 1.70. The summed E-state index contributed by atoms with van der Waals surface area (Å²) in [5.41, 5.74) is 0. The molecule has 4 heteroatoms. The number of amides is 1. The molecular formula is C12H24N2OS. The van der Waals surface area contributed by atoms with Crippen molar-refractivity contribution in [2.45, 2.75) is 50.3 Å². The van der Waals surface area contributed by atoms with Gasteiger partial charge in [-0.05, 0) is 31.6 Å². The molecule has 0 radical (unpaired) electrons. The van der Waals surface area contributed by atoms with Crippen LogP contribution >= 0.6 is 11.8 Å². The van der Waals surface area contributed by atoms with Gasteiger partial charge in [0.05, 0.1) is 0 Å². The predicted octanol–water partition coefficient (Wildman–Crippen LogP) is 1.78. The van der Waals surface area contributed by atoms with Crippen LogP contribution in [0, 0.1) is 0 Å². The van der Waals surface area contributed by atoms with Crippen LogP contribution in [0.1, 0.15) is 39.0 Å². The fraction of sp³-hybridized carbons (Fsp3) is 0.917. The average Bonchev–Trinajstić information content (AvgIpc) is 2.72. The Morgan fingerprint density at radius 3 is 2.94 bits per heavy atom. The Morgan fingerprint density at radius 1 is 1.44 bits per heavy atom. The highest BCUT2D eigenvalue weighted by Crippen LogP contribution is 2.29. The van der Waals surface area contributed by atoms with Crippen LogP contribution in [0.2, 0.25) is 0 Å². The van der Waals surface area contributed by atoms with Gasteiger partial charge in [-0.25, -0.2) is 0 Å². The monoisotopic (exact) mass is 244 g/mol. The largest absolute Gasteiger partial charge is 0.359 e. The van der Waals surface area contributed by atoms with Gasteiger partial charge in [-0.15, -0.1) is 0 Å². The van der Waals surface area contributed by atoms with E-state index in [0.717, 1.165) is 18.2 Å². The molecule has 2 atom stereocenters. The van der Waals surface area contributed by atoms with E-state index in [1.807, 2.05) is 0 Å². The second kappa shape index (κ2) is 7.96. The van der Waals surface area contributed by atoms with E-state index in [4.69, 9.17) is 0 Å². The predicted molar refractivity (Wildman–Crippen MR) is 70.9 cm³/mol. The minimum atomic E-state index is 0.146. The van der Waals surface area contributed by atoms with Gasteiger partial charge in [0.1, 0.15) is 0 Å². The van der Waals surface area contributed by atoms with Gasteiger partial charge >= 0.3 is 0 Å². The Hall–Kier alpha value is -0.220. The summed E-state index contributed by atoms with van der Waals surface area (Å²) in [5, 5.41) is 7.04. The molecule has 1 saturated carbocycles. The standard InChI is InChI=1S/C12H24N2OS/c1-3-16-11-7-4-6-10(11)14-9-5-8-12(15)13-2/h10-11,14H,3-9H2,1-2H3,(H,13,15). The van der Waals surface area contributed by atoms with Crippen LogP contribution in [0.5, 0.6) is 0 Å². The molecule has 0 saturated heterocycles. The highest BCUT2D eigenvalue weighted by atomic mass is 32.2. The molecule has 1 amide bonds. The van der Waals surface area contributed by atoms with E-state index in [2.05, 4.69) is 29.3 Å². The SMILES string of the molecule is CCSC1CCCC1NCCCC(=O)NC. The molecule has 16 heavy (non-hydrogen) atoms. The molecule has 0 heterocycles. The Kier molecular flexibility index (Phi) is 6.88. The van der Waals surface area contributed by atoms with E-state index >= 15 is 0 Å². The molecule has 1 fully saturated rings. The molecule has 2 N–H and O–H groups in total. The van der Waals surface area contributed by atoms with Crippen molar-refractivity contribution in [1.29, 1.82) is 0 Å². The summed E-state index contributed by atoms with van der Waals surface area (Å²) in [6, 6.07) is 0.676. The normalized spacial score (nSPS) is 24.6. The highest BCUT2D eigenvalue weighted by molar-refractivity contribution is 7.99.